The molecule has 0 saturated carbocycles. The van der Waals surface area contributed by atoms with E-state index < -0.39 is 17.1 Å². The number of nitrogens with one attached hydrogen (secondary N) is 1. The Kier molecular flexibility index (Phi) is 3.67. The van der Waals surface area contributed by atoms with Gasteiger partial charge in [0.1, 0.15) is 5.01 Å². The third-order valence-electron chi connectivity index (χ3n) is 1.79. The van der Waals surface area contributed by atoms with E-state index in [1.54, 1.807) is 13.8 Å². The van der Waals surface area contributed by atoms with Crippen LogP contribution in [0.1, 0.15) is 24.5 Å². The first-order valence-electron chi connectivity index (χ1n) is 4.35. The Morgan fingerprint density at radius 2 is 2.33 bits per heavy atom. The predicted octanol–water partition coefficient (Wildman–Crippen LogP) is 2.34. The van der Waals surface area contributed by atoms with E-state index in [1.807, 2.05) is 12.3 Å². The summed E-state index contributed by atoms with van der Waals surface area (Å²) in [5, 5.41) is 5.09. The highest BCUT2D eigenvalue weighted by atomic mass is 35.5. The SMILES string of the molecule is Cc1csc(C(C)(C)NC(=O)C(F)Cl)n1. The minimum atomic E-state index is -2.02. The van der Waals surface area contributed by atoms with Crippen LogP contribution < -0.4 is 5.32 Å². The number of alkyl halides is 2. The Labute approximate surface area is 96.7 Å². The van der Waals surface area contributed by atoms with Gasteiger partial charge in [-0.3, -0.25) is 4.79 Å². The molecule has 1 amide bonds. The molecule has 15 heavy (non-hydrogen) atoms. The molecule has 1 rings (SSSR count). The van der Waals surface area contributed by atoms with Crippen LogP contribution in [0.5, 0.6) is 0 Å². The minimum absolute atomic E-state index is 0.699. The van der Waals surface area contributed by atoms with Crippen molar-refractivity contribution in [1.29, 1.82) is 0 Å². The number of nitrogens with zero attached hydrogens (tertiary/aromatic N) is 1. The maximum absolute atomic E-state index is 12.5. The maximum atomic E-state index is 12.5. The van der Waals surface area contributed by atoms with Crippen molar-refractivity contribution in [3.63, 3.8) is 0 Å². The Hall–Kier alpha value is -0.680. The van der Waals surface area contributed by atoms with Crippen LogP contribution in [0.15, 0.2) is 5.38 Å². The smallest absolute Gasteiger partial charge is 0.270 e. The summed E-state index contributed by atoms with van der Waals surface area (Å²) in [7, 11) is 0. The quantitative estimate of drug-likeness (QED) is 0.837. The molecule has 0 aliphatic rings. The van der Waals surface area contributed by atoms with Gasteiger partial charge in [-0.25, -0.2) is 9.37 Å². The summed E-state index contributed by atoms with van der Waals surface area (Å²) in [6.45, 7) is 5.36. The van der Waals surface area contributed by atoms with Gasteiger partial charge < -0.3 is 5.32 Å². The normalized spacial score (nSPS) is 13.7. The van der Waals surface area contributed by atoms with Crippen LogP contribution >= 0.6 is 22.9 Å². The minimum Gasteiger partial charge on any atom is -0.341 e. The van der Waals surface area contributed by atoms with Crippen LogP contribution in [0, 0.1) is 6.92 Å². The number of aryl methyl sites for hydroxylation is 1. The monoisotopic (exact) mass is 250 g/mol. The summed E-state index contributed by atoms with van der Waals surface area (Å²) in [5.41, 5.74) is -1.85. The third-order valence-corrected chi connectivity index (χ3v) is 3.27. The number of halogens is 2. The molecule has 0 aliphatic heterocycles. The first-order chi connectivity index (χ1) is 6.83. The number of aromatic nitrogens is 1. The zero-order chi connectivity index (χ0) is 11.6. The zero-order valence-corrected chi connectivity index (χ0v) is 10.2. The Balaban J connectivity index is 2.79. The van der Waals surface area contributed by atoms with Crippen molar-refractivity contribution in [3.8, 4) is 0 Å². The van der Waals surface area contributed by atoms with E-state index in [2.05, 4.69) is 10.3 Å². The van der Waals surface area contributed by atoms with Crippen molar-refractivity contribution in [2.45, 2.75) is 31.9 Å². The van der Waals surface area contributed by atoms with E-state index in [-0.39, 0.29) is 0 Å². The highest BCUT2D eigenvalue weighted by molar-refractivity contribution is 7.09. The van der Waals surface area contributed by atoms with Crippen molar-refractivity contribution in [1.82, 2.24) is 10.3 Å². The highest BCUT2D eigenvalue weighted by Crippen LogP contribution is 2.24. The third kappa shape index (κ3) is 3.14. The van der Waals surface area contributed by atoms with E-state index in [0.717, 1.165) is 10.7 Å². The van der Waals surface area contributed by atoms with Crippen LogP contribution in [0.3, 0.4) is 0 Å². The molecule has 0 aromatic carbocycles. The average Bonchev–Trinajstić information content (AvgIpc) is 2.51. The van der Waals surface area contributed by atoms with E-state index in [9.17, 15) is 9.18 Å². The molecule has 0 spiro atoms. The first-order valence-corrected chi connectivity index (χ1v) is 5.67. The number of hydrogen-bond acceptors (Lipinski definition) is 3. The van der Waals surface area contributed by atoms with Gasteiger partial charge in [-0.15, -0.1) is 11.3 Å². The van der Waals surface area contributed by atoms with Crippen molar-refractivity contribution >= 4 is 28.8 Å². The summed E-state index contributed by atoms with van der Waals surface area (Å²) >= 11 is 6.45. The number of hydrogen-bond donors (Lipinski definition) is 1. The van der Waals surface area contributed by atoms with E-state index >= 15 is 0 Å². The Bertz CT molecular complexity index is 365. The van der Waals surface area contributed by atoms with Gasteiger partial charge in [0.25, 0.3) is 11.5 Å². The summed E-state index contributed by atoms with van der Waals surface area (Å²) in [6, 6.07) is 0. The largest absolute Gasteiger partial charge is 0.341 e. The molecule has 0 fully saturated rings. The van der Waals surface area contributed by atoms with E-state index in [1.165, 1.54) is 11.3 Å². The molecule has 84 valence electrons. The lowest BCUT2D eigenvalue weighted by Crippen LogP contribution is -2.43. The second-order valence-electron chi connectivity index (χ2n) is 3.71. The van der Waals surface area contributed by atoms with Crippen molar-refractivity contribution in [2.75, 3.05) is 0 Å². The fraction of sp³-hybridized carbons (Fsp3) is 0.556. The molecular formula is C9H12ClFN2OS. The van der Waals surface area contributed by atoms with Gasteiger partial charge in [-0.05, 0) is 20.8 Å². The molecule has 0 saturated heterocycles. The lowest BCUT2D eigenvalue weighted by Gasteiger charge is -2.23. The van der Waals surface area contributed by atoms with E-state index in [0.29, 0.717) is 0 Å². The van der Waals surface area contributed by atoms with Crippen molar-refractivity contribution in [3.05, 3.63) is 16.1 Å². The summed E-state index contributed by atoms with van der Waals surface area (Å²) in [4.78, 5) is 15.3. The molecule has 1 aromatic heterocycles. The van der Waals surface area contributed by atoms with Gasteiger partial charge in [0.05, 0.1) is 5.54 Å². The van der Waals surface area contributed by atoms with Crippen LogP contribution in [0.4, 0.5) is 4.39 Å². The molecule has 1 aromatic rings. The summed E-state index contributed by atoms with van der Waals surface area (Å²) < 4.78 is 12.5. The second kappa shape index (κ2) is 4.45. The predicted molar refractivity (Wildman–Crippen MR) is 58.8 cm³/mol. The Morgan fingerprint density at radius 3 is 2.73 bits per heavy atom. The van der Waals surface area contributed by atoms with Crippen LogP contribution in [0.25, 0.3) is 0 Å². The van der Waals surface area contributed by atoms with Crippen molar-refractivity contribution < 1.29 is 9.18 Å². The molecule has 1 heterocycles. The van der Waals surface area contributed by atoms with Gasteiger partial charge in [0, 0.05) is 11.1 Å². The number of rotatable bonds is 3. The fourth-order valence-electron chi connectivity index (χ4n) is 1.06. The average molecular weight is 251 g/mol. The first kappa shape index (κ1) is 12.4. The summed E-state index contributed by atoms with van der Waals surface area (Å²) in [5.74, 6) is -0.838. The standard InChI is InChI=1S/C9H12ClFN2OS/c1-5-4-15-8(12-5)9(2,3)13-7(14)6(10)11/h4,6H,1-3H3,(H,13,14). The van der Waals surface area contributed by atoms with E-state index in [4.69, 9.17) is 11.6 Å². The zero-order valence-electron chi connectivity index (χ0n) is 8.67. The van der Waals surface area contributed by atoms with Gasteiger partial charge in [-0.2, -0.15) is 0 Å². The second-order valence-corrected chi connectivity index (χ2v) is 4.95. The molecule has 1 atom stereocenters. The van der Waals surface area contributed by atoms with Gasteiger partial charge in [0.2, 0.25) is 0 Å². The number of carbonyl (C=O) groups excluding carboxylic acids is 1. The lowest BCUT2D eigenvalue weighted by atomic mass is 10.1. The molecule has 6 heteroatoms. The molecule has 1 N–H and O–H groups in total. The van der Waals surface area contributed by atoms with Gasteiger partial charge in [0.15, 0.2) is 0 Å². The lowest BCUT2D eigenvalue weighted by molar-refractivity contribution is -0.125. The van der Waals surface area contributed by atoms with Crippen LogP contribution in [0.2, 0.25) is 0 Å². The molecule has 0 aliphatic carbocycles. The maximum Gasteiger partial charge on any atom is 0.270 e. The van der Waals surface area contributed by atoms with Crippen molar-refractivity contribution in [2.24, 2.45) is 0 Å². The van der Waals surface area contributed by atoms with Gasteiger partial charge in [-0.1, -0.05) is 11.6 Å². The molecule has 0 bridgehead atoms. The summed E-state index contributed by atoms with van der Waals surface area (Å²) in [6.07, 6.45) is 0. The number of amides is 1. The molecule has 1 unspecified atom stereocenters. The highest BCUT2D eigenvalue weighted by Gasteiger charge is 2.28. The topological polar surface area (TPSA) is 42.0 Å². The van der Waals surface area contributed by atoms with Crippen LogP contribution in [-0.2, 0) is 10.3 Å². The van der Waals surface area contributed by atoms with Gasteiger partial charge >= 0.3 is 0 Å². The number of thiazole rings is 1. The van der Waals surface area contributed by atoms with Crippen LogP contribution in [-0.4, -0.2) is 16.5 Å². The Morgan fingerprint density at radius 1 is 1.73 bits per heavy atom. The molecular weight excluding hydrogens is 239 g/mol. The number of carbonyl (C=O) groups is 1. The fourth-order valence-corrected chi connectivity index (χ4v) is 1.99. The molecule has 0 radical (unpaired) electrons. The molecule has 3 nitrogen and oxygen atoms in total.